The van der Waals surface area contributed by atoms with E-state index < -0.39 is 0 Å². The number of hydrogen-bond donors (Lipinski definition) is 0. The van der Waals surface area contributed by atoms with Crippen LogP contribution < -0.4 is 9.47 Å². The lowest BCUT2D eigenvalue weighted by Gasteiger charge is -2.09. The molecule has 3 rings (SSSR count). The zero-order valence-corrected chi connectivity index (χ0v) is 11.4. The molecule has 1 aromatic carbocycles. The topological polar surface area (TPSA) is 49.2 Å². The minimum absolute atomic E-state index is 0.428. The van der Waals surface area contributed by atoms with Gasteiger partial charge < -0.3 is 9.47 Å². The predicted molar refractivity (Wildman–Crippen MR) is 75.8 cm³/mol. The summed E-state index contributed by atoms with van der Waals surface area (Å²) in [6, 6.07) is 9.57. The molecule has 0 radical (unpaired) electrons. The first-order valence-corrected chi connectivity index (χ1v) is 6.31. The molecule has 0 saturated carbocycles. The standard InChI is InChI=1S/C15H15N3O2/c1-18-9-7-11(17-18)10-20-13-6-8-16-15-12(13)4-3-5-14(15)19-2/h3-9H,10H2,1-2H3. The van der Waals surface area contributed by atoms with Crippen LogP contribution in [0, 0.1) is 0 Å². The summed E-state index contributed by atoms with van der Waals surface area (Å²) < 4.78 is 12.9. The van der Waals surface area contributed by atoms with Crippen molar-refractivity contribution in [3.8, 4) is 11.5 Å². The lowest BCUT2D eigenvalue weighted by molar-refractivity contribution is 0.303. The molecule has 0 saturated heterocycles. The number of aryl methyl sites for hydroxylation is 1. The van der Waals surface area contributed by atoms with Gasteiger partial charge in [-0.2, -0.15) is 5.10 Å². The molecule has 3 aromatic rings. The lowest BCUT2D eigenvalue weighted by atomic mass is 10.2. The summed E-state index contributed by atoms with van der Waals surface area (Å²) >= 11 is 0. The highest BCUT2D eigenvalue weighted by molar-refractivity contribution is 5.89. The molecule has 2 aromatic heterocycles. The number of fused-ring (bicyclic) bond motifs is 1. The number of para-hydroxylation sites is 1. The van der Waals surface area contributed by atoms with E-state index in [1.165, 1.54) is 0 Å². The number of benzene rings is 1. The average molecular weight is 269 g/mol. The number of ether oxygens (including phenoxy) is 2. The Balaban J connectivity index is 1.91. The van der Waals surface area contributed by atoms with Crippen molar-refractivity contribution in [2.45, 2.75) is 6.61 Å². The van der Waals surface area contributed by atoms with Crippen LogP contribution in [0.1, 0.15) is 5.69 Å². The van der Waals surface area contributed by atoms with Crippen LogP contribution in [0.4, 0.5) is 0 Å². The smallest absolute Gasteiger partial charge is 0.145 e. The van der Waals surface area contributed by atoms with E-state index in [0.29, 0.717) is 6.61 Å². The van der Waals surface area contributed by atoms with Gasteiger partial charge >= 0.3 is 0 Å². The molecule has 0 aliphatic heterocycles. The van der Waals surface area contributed by atoms with Gasteiger partial charge in [0.2, 0.25) is 0 Å². The third-order valence-electron chi connectivity index (χ3n) is 3.06. The maximum absolute atomic E-state index is 5.85. The summed E-state index contributed by atoms with van der Waals surface area (Å²) in [6.45, 7) is 0.428. The van der Waals surface area contributed by atoms with E-state index in [4.69, 9.17) is 9.47 Å². The molecule has 2 heterocycles. The van der Waals surface area contributed by atoms with E-state index in [9.17, 15) is 0 Å². The summed E-state index contributed by atoms with van der Waals surface area (Å²) in [4.78, 5) is 4.35. The molecule has 0 atom stereocenters. The molecule has 5 nitrogen and oxygen atoms in total. The van der Waals surface area contributed by atoms with Gasteiger partial charge in [0.15, 0.2) is 0 Å². The molecule has 5 heteroatoms. The highest BCUT2D eigenvalue weighted by atomic mass is 16.5. The molecule has 0 bridgehead atoms. The van der Waals surface area contributed by atoms with Gasteiger partial charge in [-0.05, 0) is 24.3 Å². The van der Waals surface area contributed by atoms with E-state index in [-0.39, 0.29) is 0 Å². The lowest BCUT2D eigenvalue weighted by Crippen LogP contribution is -1.99. The van der Waals surface area contributed by atoms with Crippen molar-refractivity contribution < 1.29 is 9.47 Å². The highest BCUT2D eigenvalue weighted by Gasteiger charge is 2.08. The van der Waals surface area contributed by atoms with Crippen LogP contribution in [-0.2, 0) is 13.7 Å². The molecule has 0 amide bonds. The van der Waals surface area contributed by atoms with Crippen molar-refractivity contribution in [1.82, 2.24) is 14.8 Å². The van der Waals surface area contributed by atoms with E-state index in [1.807, 2.05) is 43.6 Å². The predicted octanol–water partition coefficient (Wildman–Crippen LogP) is 2.56. The first kappa shape index (κ1) is 12.5. The second-order valence-electron chi connectivity index (χ2n) is 4.43. The van der Waals surface area contributed by atoms with Crippen LogP contribution in [-0.4, -0.2) is 21.9 Å². The highest BCUT2D eigenvalue weighted by Crippen LogP contribution is 2.30. The Hall–Kier alpha value is -2.56. The number of pyridine rings is 1. The average Bonchev–Trinajstić information content (AvgIpc) is 2.90. The zero-order chi connectivity index (χ0) is 13.9. The summed E-state index contributed by atoms with van der Waals surface area (Å²) in [7, 11) is 3.52. The minimum Gasteiger partial charge on any atom is -0.494 e. The Bertz CT molecular complexity index is 737. The second kappa shape index (κ2) is 5.21. The number of aromatic nitrogens is 3. The van der Waals surface area contributed by atoms with Gasteiger partial charge in [0.05, 0.1) is 12.8 Å². The summed E-state index contributed by atoms with van der Waals surface area (Å²) in [5.74, 6) is 1.52. The van der Waals surface area contributed by atoms with Gasteiger partial charge in [-0.15, -0.1) is 0 Å². The molecule has 0 unspecified atom stereocenters. The summed E-state index contributed by atoms with van der Waals surface area (Å²) in [5.41, 5.74) is 1.69. The summed E-state index contributed by atoms with van der Waals surface area (Å²) in [6.07, 6.45) is 3.62. The quantitative estimate of drug-likeness (QED) is 0.730. The van der Waals surface area contributed by atoms with Gasteiger partial charge in [0, 0.05) is 24.8 Å². The fraction of sp³-hybridized carbons (Fsp3) is 0.200. The van der Waals surface area contributed by atoms with E-state index in [0.717, 1.165) is 28.1 Å². The molecular formula is C15H15N3O2. The molecule has 0 aliphatic rings. The number of nitrogens with zero attached hydrogens (tertiary/aromatic N) is 3. The van der Waals surface area contributed by atoms with Crippen LogP contribution in [0.3, 0.4) is 0 Å². The van der Waals surface area contributed by atoms with Crippen molar-refractivity contribution in [3.63, 3.8) is 0 Å². The van der Waals surface area contributed by atoms with Crippen molar-refractivity contribution in [1.29, 1.82) is 0 Å². The van der Waals surface area contributed by atoms with Gasteiger partial charge in [-0.1, -0.05) is 6.07 Å². The first-order chi connectivity index (χ1) is 9.78. The third kappa shape index (κ3) is 2.30. The normalized spacial score (nSPS) is 10.7. The number of hydrogen-bond acceptors (Lipinski definition) is 4. The van der Waals surface area contributed by atoms with E-state index >= 15 is 0 Å². The largest absolute Gasteiger partial charge is 0.494 e. The fourth-order valence-corrected chi connectivity index (χ4v) is 2.11. The SMILES string of the molecule is COc1cccc2c(OCc3ccn(C)n3)ccnc12. The molecular weight excluding hydrogens is 254 g/mol. The maximum atomic E-state index is 5.85. The second-order valence-corrected chi connectivity index (χ2v) is 4.43. The molecule has 0 N–H and O–H groups in total. The Morgan fingerprint density at radius 2 is 2.05 bits per heavy atom. The molecule has 0 spiro atoms. The Morgan fingerprint density at radius 3 is 2.80 bits per heavy atom. The number of rotatable bonds is 4. The van der Waals surface area contributed by atoms with Crippen molar-refractivity contribution in [3.05, 3.63) is 48.4 Å². The van der Waals surface area contributed by atoms with Crippen molar-refractivity contribution in [2.75, 3.05) is 7.11 Å². The van der Waals surface area contributed by atoms with Crippen LogP contribution in [0.2, 0.25) is 0 Å². The molecule has 0 fully saturated rings. The van der Waals surface area contributed by atoms with E-state index in [2.05, 4.69) is 10.1 Å². The Kier molecular flexibility index (Phi) is 3.25. The van der Waals surface area contributed by atoms with Gasteiger partial charge in [-0.25, -0.2) is 0 Å². The van der Waals surface area contributed by atoms with Gasteiger partial charge in [-0.3, -0.25) is 9.67 Å². The van der Waals surface area contributed by atoms with E-state index in [1.54, 1.807) is 18.0 Å². The maximum Gasteiger partial charge on any atom is 0.145 e. The Labute approximate surface area is 116 Å². The Morgan fingerprint density at radius 1 is 1.15 bits per heavy atom. The molecule has 20 heavy (non-hydrogen) atoms. The van der Waals surface area contributed by atoms with Gasteiger partial charge in [0.25, 0.3) is 0 Å². The fourth-order valence-electron chi connectivity index (χ4n) is 2.11. The molecule has 102 valence electrons. The van der Waals surface area contributed by atoms with Crippen LogP contribution in [0.5, 0.6) is 11.5 Å². The first-order valence-electron chi connectivity index (χ1n) is 6.31. The van der Waals surface area contributed by atoms with Crippen LogP contribution in [0.25, 0.3) is 10.9 Å². The zero-order valence-electron chi connectivity index (χ0n) is 11.4. The van der Waals surface area contributed by atoms with Crippen LogP contribution in [0.15, 0.2) is 42.7 Å². The van der Waals surface area contributed by atoms with Crippen molar-refractivity contribution >= 4 is 10.9 Å². The van der Waals surface area contributed by atoms with Crippen molar-refractivity contribution in [2.24, 2.45) is 7.05 Å². The summed E-state index contributed by atoms with van der Waals surface area (Å²) in [5, 5.41) is 5.22. The third-order valence-corrected chi connectivity index (χ3v) is 3.06. The van der Waals surface area contributed by atoms with Crippen LogP contribution >= 0.6 is 0 Å². The molecule has 0 aliphatic carbocycles. The minimum atomic E-state index is 0.428. The van der Waals surface area contributed by atoms with Gasteiger partial charge in [0.1, 0.15) is 23.6 Å². The number of methoxy groups -OCH3 is 1. The monoisotopic (exact) mass is 269 g/mol.